The van der Waals surface area contributed by atoms with E-state index in [1.54, 1.807) is 4.90 Å². The van der Waals surface area contributed by atoms with Crippen molar-refractivity contribution in [3.63, 3.8) is 0 Å². The van der Waals surface area contributed by atoms with Gasteiger partial charge in [0, 0.05) is 58.6 Å². The summed E-state index contributed by atoms with van der Waals surface area (Å²) in [6.07, 6.45) is 5.92. The van der Waals surface area contributed by atoms with Gasteiger partial charge in [-0.15, -0.1) is 0 Å². The van der Waals surface area contributed by atoms with E-state index in [1.165, 1.54) is 25.7 Å². The zero-order chi connectivity index (χ0) is 21.1. The average Bonchev–Trinajstić information content (AvgIpc) is 3.30. The molecule has 1 saturated heterocycles. The van der Waals surface area contributed by atoms with Gasteiger partial charge in [-0.25, -0.2) is 9.97 Å². The number of amides is 2. The van der Waals surface area contributed by atoms with Crippen LogP contribution in [0, 0.1) is 5.92 Å². The second-order valence-electron chi connectivity index (χ2n) is 9.11. The van der Waals surface area contributed by atoms with Crippen LogP contribution in [0.1, 0.15) is 69.8 Å². The summed E-state index contributed by atoms with van der Waals surface area (Å²) in [5.41, 5.74) is 0.895. The second-order valence-corrected chi connectivity index (χ2v) is 9.11. The Kier molecular flexibility index (Phi) is 6.75. The minimum absolute atomic E-state index is 0.0739. The van der Waals surface area contributed by atoms with Gasteiger partial charge in [0.2, 0.25) is 11.8 Å². The van der Waals surface area contributed by atoms with Crippen molar-refractivity contribution in [3.05, 3.63) is 17.6 Å². The Morgan fingerprint density at radius 2 is 1.90 bits per heavy atom. The maximum atomic E-state index is 12.6. The summed E-state index contributed by atoms with van der Waals surface area (Å²) in [5.74, 6) is 2.41. The molecule has 0 spiro atoms. The lowest BCUT2D eigenvalue weighted by Gasteiger charge is -2.22. The summed E-state index contributed by atoms with van der Waals surface area (Å²) in [6, 6.07) is 2.17. The highest BCUT2D eigenvalue weighted by Crippen LogP contribution is 2.30. The SMILES string of the molecule is CC(C)N1C[C@H](c2cc(N(C)C)nc(CN(C)C(=O)CC3CCCC3)n2)CC1=O. The molecule has 7 nitrogen and oxygen atoms in total. The first-order valence-electron chi connectivity index (χ1n) is 10.8. The zero-order valence-electron chi connectivity index (χ0n) is 18.5. The number of nitrogens with zero attached hydrogens (tertiary/aromatic N) is 5. The van der Waals surface area contributed by atoms with Gasteiger partial charge in [0.05, 0.1) is 12.2 Å². The molecule has 2 amide bonds. The van der Waals surface area contributed by atoms with Crippen LogP contribution < -0.4 is 4.90 Å². The van der Waals surface area contributed by atoms with Crippen LogP contribution in [0.5, 0.6) is 0 Å². The van der Waals surface area contributed by atoms with Gasteiger partial charge in [-0.05, 0) is 32.6 Å². The van der Waals surface area contributed by atoms with Gasteiger partial charge in [-0.2, -0.15) is 0 Å². The first-order chi connectivity index (χ1) is 13.7. The Labute approximate surface area is 174 Å². The van der Waals surface area contributed by atoms with Crippen molar-refractivity contribution in [2.45, 2.75) is 70.9 Å². The van der Waals surface area contributed by atoms with Gasteiger partial charge in [0.25, 0.3) is 0 Å². The summed E-state index contributed by atoms with van der Waals surface area (Å²) in [7, 11) is 5.73. The molecule has 0 N–H and O–H groups in total. The minimum atomic E-state index is 0.0739. The van der Waals surface area contributed by atoms with Gasteiger partial charge in [0.15, 0.2) is 0 Å². The van der Waals surface area contributed by atoms with Crippen molar-refractivity contribution in [2.24, 2.45) is 5.92 Å². The van der Waals surface area contributed by atoms with Crippen LogP contribution in [0.15, 0.2) is 6.07 Å². The molecular formula is C22H35N5O2. The van der Waals surface area contributed by atoms with E-state index >= 15 is 0 Å². The number of carbonyl (C=O) groups is 2. The third kappa shape index (κ3) is 5.25. The predicted molar refractivity (Wildman–Crippen MR) is 114 cm³/mol. The third-order valence-electron chi connectivity index (χ3n) is 6.18. The van der Waals surface area contributed by atoms with E-state index < -0.39 is 0 Å². The van der Waals surface area contributed by atoms with Gasteiger partial charge in [-0.3, -0.25) is 9.59 Å². The number of hydrogen-bond acceptors (Lipinski definition) is 5. The fourth-order valence-electron chi connectivity index (χ4n) is 4.36. The smallest absolute Gasteiger partial charge is 0.223 e. The van der Waals surface area contributed by atoms with Crippen LogP contribution in [-0.2, 0) is 16.1 Å². The topological polar surface area (TPSA) is 69.6 Å². The van der Waals surface area contributed by atoms with E-state index in [0.717, 1.165) is 11.5 Å². The van der Waals surface area contributed by atoms with E-state index in [2.05, 4.69) is 4.98 Å². The summed E-state index contributed by atoms with van der Waals surface area (Å²) >= 11 is 0. The summed E-state index contributed by atoms with van der Waals surface area (Å²) in [6.45, 7) is 5.18. The van der Waals surface area contributed by atoms with Crippen molar-refractivity contribution in [2.75, 3.05) is 32.6 Å². The van der Waals surface area contributed by atoms with Crippen LogP contribution in [0.2, 0.25) is 0 Å². The van der Waals surface area contributed by atoms with Crippen molar-refractivity contribution in [1.82, 2.24) is 19.8 Å². The Morgan fingerprint density at radius 3 is 2.48 bits per heavy atom. The fraction of sp³-hybridized carbons (Fsp3) is 0.727. The molecule has 7 heteroatoms. The molecule has 1 aromatic heterocycles. The monoisotopic (exact) mass is 401 g/mol. The highest BCUT2D eigenvalue weighted by atomic mass is 16.2. The molecule has 2 aliphatic rings. The first-order valence-corrected chi connectivity index (χ1v) is 10.8. The number of hydrogen-bond donors (Lipinski definition) is 0. The summed E-state index contributed by atoms with van der Waals surface area (Å²) in [4.78, 5) is 40.0. The number of anilines is 1. The lowest BCUT2D eigenvalue weighted by molar-refractivity contribution is -0.131. The van der Waals surface area contributed by atoms with Gasteiger partial charge in [0.1, 0.15) is 11.6 Å². The average molecular weight is 402 g/mol. The van der Waals surface area contributed by atoms with Crippen LogP contribution in [-0.4, -0.2) is 65.3 Å². The van der Waals surface area contributed by atoms with Gasteiger partial charge >= 0.3 is 0 Å². The van der Waals surface area contributed by atoms with Crippen molar-refractivity contribution < 1.29 is 9.59 Å². The molecule has 0 aromatic carbocycles. The maximum absolute atomic E-state index is 12.6. The molecule has 1 saturated carbocycles. The van der Waals surface area contributed by atoms with Crippen LogP contribution in [0.25, 0.3) is 0 Å². The number of aromatic nitrogens is 2. The molecule has 1 atom stereocenters. The Hall–Kier alpha value is -2.18. The lowest BCUT2D eigenvalue weighted by atomic mass is 10.0. The first kappa shape index (κ1) is 21.5. The second kappa shape index (κ2) is 9.09. The Morgan fingerprint density at radius 1 is 1.21 bits per heavy atom. The minimum Gasteiger partial charge on any atom is -0.363 e. The van der Waals surface area contributed by atoms with Crippen molar-refractivity contribution in [1.29, 1.82) is 0 Å². The number of carbonyl (C=O) groups excluding carboxylic acids is 2. The van der Waals surface area contributed by atoms with Crippen LogP contribution in [0.3, 0.4) is 0 Å². The lowest BCUT2D eigenvalue weighted by Crippen LogP contribution is -2.32. The third-order valence-corrected chi connectivity index (χ3v) is 6.18. The molecular weight excluding hydrogens is 366 g/mol. The fourth-order valence-corrected chi connectivity index (χ4v) is 4.36. The largest absolute Gasteiger partial charge is 0.363 e. The van der Waals surface area contributed by atoms with Crippen LogP contribution >= 0.6 is 0 Å². The van der Waals surface area contributed by atoms with Gasteiger partial charge in [-0.1, -0.05) is 12.8 Å². The molecule has 160 valence electrons. The molecule has 1 aliphatic carbocycles. The standard InChI is InChI=1S/C22H35N5O2/c1-15(2)27-13-17(11-22(27)29)18-12-20(25(3)4)24-19(23-18)14-26(5)21(28)10-16-8-6-7-9-16/h12,15-17H,6-11,13-14H2,1-5H3/t17-/m1/s1. The molecule has 3 rings (SSSR count). The van der Waals surface area contributed by atoms with Gasteiger partial charge < -0.3 is 14.7 Å². The molecule has 0 unspecified atom stereocenters. The predicted octanol–water partition coefficient (Wildman–Crippen LogP) is 2.81. The van der Waals surface area contributed by atoms with Crippen molar-refractivity contribution in [3.8, 4) is 0 Å². The Bertz CT molecular complexity index is 743. The molecule has 29 heavy (non-hydrogen) atoms. The number of rotatable bonds is 7. The zero-order valence-corrected chi connectivity index (χ0v) is 18.5. The molecule has 0 bridgehead atoms. The molecule has 2 heterocycles. The molecule has 2 fully saturated rings. The highest BCUT2D eigenvalue weighted by molar-refractivity contribution is 5.80. The highest BCUT2D eigenvalue weighted by Gasteiger charge is 2.33. The quantitative estimate of drug-likeness (QED) is 0.703. The van der Waals surface area contributed by atoms with E-state index in [4.69, 9.17) is 4.98 Å². The molecule has 1 aliphatic heterocycles. The van der Waals surface area contributed by atoms with E-state index in [9.17, 15) is 9.59 Å². The van der Waals surface area contributed by atoms with Crippen molar-refractivity contribution >= 4 is 17.6 Å². The summed E-state index contributed by atoms with van der Waals surface area (Å²) in [5, 5.41) is 0. The van der Waals surface area contributed by atoms with E-state index in [-0.39, 0.29) is 23.8 Å². The Balaban J connectivity index is 1.74. The summed E-state index contributed by atoms with van der Waals surface area (Å²) < 4.78 is 0. The number of likely N-dealkylation sites (tertiary alicyclic amines) is 1. The molecule has 1 aromatic rings. The van der Waals surface area contributed by atoms with E-state index in [0.29, 0.717) is 37.7 Å². The van der Waals surface area contributed by atoms with Crippen LogP contribution in [0.4, 0.5) is 5.82 Å². The van der Waals surface area contributed by atoms with E-state index in [1.807, 2.05) is 50.9 Å². The molecule has 0 radical (unpaired) electrons. The maximum Gasteiger partial charge on any atom is 0.223 e. The normalized spacial score (nSPS) is 20.0.